The molecule has 4 nitrogen and oxygen atoms in total. The lowest BCUT2D eigenvalue weighted by molar-refractivity contribution is 0.627. The number of pyridine rings is 1. The van der Waals surface area contributed by atoms with Crippen LogP contribution in [0.5, 0.6) is 0 Å². The van der Waals surface area contributed by atoms with Gasteiger partial charge < -0.3 is 10.3 Å². The number of imidazole rings is 1. The third kappa shape index (κ3) is 2.11. The second-order valence-corrected chi connectivity index (χ2v) is 4.69. The monoisotopic (exact) mass is 270 g/mol. The lowest BCUT2D eigenvalue weighted by atomic mass is 10.2. The van der Waals surface area contributed by atoms with Gasteiger partial charge in [0.1, 0.15) is 17.5 Å². The van der Waals surface area contributed by atoms with E-state index in [-0.39, 0.29) is 5.82 Å². The highest BCUT2D eigenvalue weighted by atomic mass is 19.1. The molecule has 3 rings (SSSR count). The summed E-state index contributed by atoms with van der Waals surface area (Å²) in [5, 5.41) is 0. The Morgan fingerprint density at radius 3 is 2.80 bits per heavy atom. The maximum absolute atomic E-state index is 13.5. The number of fused-ring (bicyclic) bond motifs is 1. The molecular formula is C15H15FN4. The fourth-order valence-corrected chi connectivity index (χ4v) is 2.30. The number of nitrogens with zero attached hydrogens (tertiary/aromatic N) is 3. The zero-order valence-corrected chi connectivity index (χ0v) is 11.2. The first-order valence-electron chi connectivity index (χ1n) is 6.56. The van der Waals surface area contributed by atoms with Crippen LogP contribution in [0.1, 0.15) is 13.3 Å². The second-order valence-electron chi connectivity index (χ2n) is 4.69. The minimum absolute atomic E-state index is 0.253. The number of hydrogen-bond donors (Lipinski definition) is 1. The predicted octanol–water partition coefficient (Wildman–Crippen LogP) is 3.23. The Hall–Kier alpha value is -2.43. The van der Waals surface area contributed by atoms with Crippen molar-refractivity contribution >= 4 is 16.9 Å². The van der Waals surface area contributed by atoms with E-state index in [9.17, 15) is 4.39 Å². The van der Waals surface area contributed by atoms with Gasteiger partial charge in [-0.25, -0.2) is 14.4 Å². The van der Waals surface area contributed by atoms with Gasteiger partial charge in [0.15, 0.2) is 0 Å². The molecular weight excluding hydrogens is 255 g/mol. The summed E-state index contributed by atoms with van der Waals surface area (Å²) in [6, 6.07) is 8.27. The lowest BCUT2D eigenvalue weighted by Crippen LogP contribution is -2.00. The number of benzene rings is 1. The van der Waals surface area contributed by atoms with Crippen LogP contribution in [-0.4, -0.2) is 14.5 Å². The van der Waals surface area contributed by atoms with Crippen LogP contribution in [-0.2, 0) is 6.54 Å². The molecule has 0 aliphatic carbocycles. The Balaban J connectivity index is 2.23. The Bertz CT molecular complexity index is 746. The minimum atomic E-state index is -0.253. The van der Waals surface area contributed by atoms with Crippen molar-refractivity contribution in [3.8, 4) is 11.4 Å². The highest BCUT2D eigenvalue weighted by Crippen LogP contribution is 2.25. The van der Waals surface area contributed by atoms with Crippen molar-refractivity contribution in [1.29, 1.82) is 0 Å². The molecule has 102 valence electrons. The van der Waals surface area contributed by atoms with E-state index < -0.39 is 0 Å². The van der Waals surface area contributed by atoms with Gasteiger partial charge in [0.2, 0.25) is 0 Å². The van der Waals surface area contributed by atoms with E-state index in [4.69, 9.17) is 5.73 Å². The van der Waals surface area contributed by atoms with Crippen molar-refractivity contribution in [3.63, 3.8) is 0 Å². The zero-order chi connectivity index (χ0) is 14.1. The summed E-state index contributed by atoms with van der Waals surface area (Å²) in [6.45, 7) is 2.86. The molecule has 0 atom stereocenters. The molecule has 1 aromatic carbocycles. The summed E-state index contributed by atoms with van der Waals surface area (Å²) < 4.78 is 15.5. The van der Waals surface area contributed by atoms with Crippen LogP contribution >= 0.6 is 0 Å². The van der Waals surface area contributed by atoms with Gasteiger partial charge in [-0.3, -0.25) is 0 Å². The number of halogens is 1. The highest BCUT2D eigenvalue weighted by Gasteiger charge is 2.13. The number of aryl methyl sites for hydroxylation is 1. The maximum atomic E-state index is 13.5. The third-order valence-electron chi connectivity index (χ3n) is 3.20. The Labute approximate surface area is 116 Å². The first-order valence-corrected chi connectivity index (χ1v) is 6.56. The first-order chi connectivity index (χ1) is 9.69. The molecule has 5 heteroatoms. The van der Waals surface area contributed by atoms with Gasteiger partial charge in [0, 0.05) is 18.3 Å². The van der Waals surface area contributed by atoms with Gasteiger partial charge in [-0.1, -0.05) is 6.92 Å². The third-order valence-corrected chi connectivity index (χ3v) is 3.20. The number of nitrogen functional groups attached to an aromatic ring is 1. The average molecular weight is 270 g/mol. The molecule has 0 aliphatic heterocycles. The van der Waals surface area contributed by atoms with Crippen LogP contribution in [0.3, 0.4) is 0 Å². The molecule has 2 aromatic heterocycles. The van der Waals surface area contributed by atoms with E-state index in [2.05, 4.69) is 16.9 Å². The topological polar surface area (TPSA) is 56.7 Å². The minimum Gasteiger partial charge on any atom is -0.384 e. The second kappa shape index (κ2) is 4.92. The molecule has 2 heterocycles. The molecule has 0 spiro atoms. The molecule has 0 bridgehead atoms. The standard InChI is InChI=1S/C15H15FN4/c1-2-7-20-13-8-11(16)4-5-12(13)19-15(20)10-3-6-14(17)18-9-10/h3-6,8-9H,2,7H2,1H3,(H2,17,18). The molecule has 0 aliphatic rings. The van der Waals surface area contributed by atoms with Crippen LogP contribution < -0.4 is 5.73 Å². The van der Waals surface area contributed by atoms with E-state index in [1.54, 1.807) is 18.3 Å². The SMILES string of the molecule is CCCn1c(-c2ccc(N)nc2)nc2ccc(F)cc21. The summed E-state index contributed by atoms with van der Waals surface area (Å²) in [5.74, 6) is 1.01. The van der Waals surface area contributed by atoms with Gasteiger partial charge >= 0.3 is 0 Å². The van der Waals surface area contributed by atoms with Gasteiger partial charge in [0.05, 0.1) is 11.0 Å². The summed E-state index contributed by atoms with van der Waals surface area (Å²) >= 11 is 0. The number of rotatable bonds is 3. The smallest absolute Gasteiger partial charge is 0.142 e. The number of anilines is 1. The van der Waals surface area contributed by atoms with Crippen LogP contribution in [0.25, 0.3) is 22.4 Å². The van der Waals surface area contributed by atoms with Crippen molar-refractivity contribution in [2.45, 2.75) is 19.9 Å². The fraction of sp³-hybridized carbons (Fsp3) is 0.200. The molecule has 0 unspecified atom stereocenters. The van der Waals surface area contributed by atoms with Crippen molar-refractivity contribution < 1.29 is 4.39 Å². The van der Waals surface area contributed by atoms with E-state index in [0.717, 1.165) is 35.4 Å². The Morgan fingerprint density at radius 1 is 1.25 bits per heavy atom. The Kier molecular flexibility index (Phi) is 3.10. The summed E-state index contributed by atoms with van der Waals surface area (Å²) in [4.78, 5) is 8.68. The molecule has 0 radical (unpaired) electrons. The van der Waals surface area contributed by atoms with Crippen molar-refractivity contribution in [3.05, 3.63) is 42.3 Å². The lowest BCUT2D eigenvalue weighted by Gasteiger charge is -2.07. The summed E-state index contributed by atoms with van der Waals surface area (Å²) in [5.41, 5.74) is 8.08. The summed E-state index contributed by atoms with van der Waals surface area (Å²) in [6.07, 6.45) is 2.64. The highest BCUT2D eigenvalue weighted by molar-refractivity contribution is 5.80. The van der Waals surface area contributed by atoms with Crippen LogP contribution in [0.15, 0.2) is 36.5 Å². The summed E-state index contributed by atoms with van der Waals surface area (Å²) in [7, 11) is 0. The maximum Gasteiger partial charge on any atom is 0.142 e. The molecule has 0 saturated carbocycles. The fourth-order valence-electron chi connectivity index (χ4n) is 2.30. The largest absolute Gasteiger partial charge is 0.384 e. The van der Waals surface area contributed by atoms with E-state index >= 15 is 0 Å². The van der Waals surface area contributed by atoms with Crippen LogP contribution in [0, 0.1) is 5.82 Å². The molecule has 0 saturated heterocycles. The van der Waals surface area contributed by atoms with Gasteiger partial charge in [-0.05, 0) is 36.8 Å². The van der Waals surface area contributed by atoms with Crippen LogP contribution in [0.2, 0.25) is 0 Å². The van der Waals surface area contributed by atoms with Crippen molar-refractivity contribution in [1.82, 2.24) is 14.5 Å². The Morgan fingerprint density at radius 2 is 2.10 bits per heavy atom. The van der Waals surface area contributed by atoms with Crippen molar-refractivity contribution in [2.75, 3.05) is 5.73 Å². The van der Waals surface area contributed by atoms with Gasteiger partial charge in [-0.2, -0.15) is 0 Å². The molecule has 20 heavy (non-hydrogen) atoms. The van der Waals surface area contributed by atoms with E-state index in [1.807, 2.05) is 10.6 Å². The quantitative estimate of drug-likeness (QED) is 0.795. The van der Waals surface area contributed by atoms with Crippen molar-refractivity contribution in [2.24, 2.45) is 0 Å². The van der Waals surface area contributed by atoms with Gasteiger partial charge in [0.25, 0.3) is 0 Å². The number of hydrogen-bond acceptors (Lipinski definition) is 3. The number of aromatic nitrogens is 3. The number of nitrogens with two attached hydrogens (primary N) is 1. The van der Waals surface area contributed by atoms with Crippen LogP contribution in [0.4, 0.5) is 10.2 Å². The molecule has 0 fully saturated rings. The predicted molar refractivity (Wildman–Crippen MR) is 77.6 cm³/mol. The van der Waals surface area contributed by atoms with E-state index in [0.29, 0.717) is 5.82 Å². The average Bonchev–Trinajstić information content (AvgIpc) is 2.79. The van der Waals surface area contributed by atoms with E-state index in [1.165, 1.54) is 12.1 Å². The molecule has 0 amide bonds. The molecule has 3 aromatic rings. The van der Waals surface area contributed by atoms with Gasteiger partial charge in [-0.15, -0.1) is 0 Å². The molecule has 2 N–H and O–H groups in total. The normalized spacial score (nSPS) is 11.1. The first kappa shape index (κ1) is 12.6. The zero-order valence-electron chi connectivity index (χ0n) is 11.2.